The molecule has 0 radical (unpaired) electrons. The first kappa shape index (κ1) is 23.2. The molecule has 0 spiro atoms. The predicted octanol–water partition coefficient (Wildman–Crippen LogP) is 4.61. The quantitative estimate of drug-likeness (QED) is 0.389. The standard InChI is InChI=1S/C24H24ClN3O4S/c1-4-32-18-10-7-15(11-19(18)31-3)17-12-20(29)26-22-21(17)23(30)27-24(28(22)2)33-13-14-5-8-16(25)9-6-14/h5-11,17H,4,12-13H2,1-3H3,(H,26,29)/t17-/m1/s1. The molecule has 0 saturated carbocycles. The fraction of sp³-hybridized carbons (Fsp3) is 0.292. The molecule has 1 N–H and O–H groups in total. The monoisotopic (exact) mass is 485 g/mol. The minimum absolute atomic E-state index is 0.151. The highest BCUT2D eigenvalue weighted by molar-refractivity contribution is 7.98. The lowest BCUT2D eigenvalue weighted by molar-refractivity contribution is -0.116. The molecule has 4 rings (SSSR count). The van der Waals surface area contributed by atoms with Crippen molar-refractivity contribution in [3.05, 3.63) is 74.5 Å². The van der Waals surface area contributed by atoms with Crippen molar-refractivity contribution in [3.8, 4) is 11.5 Å². The van der Waals surface area contributed by atoms with E-state index in [0.29, 0.717) is 45.4 Å². The molecule has 2 heterocycles. The largest absolute Gasteiger partial charge is 0.493 e. The van der Waals surface area contributed by atoms with Gasteiger partial charge in [0.15, 0.2) is 16.7 Å². The first-order chi connectivity index (χ1) is 15.9. The normalized spacial score (nSPS) is 15.0. The number of anilines is 1. The summed E-state index contributed by atoms with van der Waals surface area (Å²) in [6, 6.07) is 13.0. The van der Waals surface area contributed by atoms with Crippen molar-refractivity contribution in [2.75, 3.05) is 19.0 Å². The molecule has 0 fully saturated rings. The Morgan fingerprint density at radius 1 is 1.18 bits per heavy atom. The molecule has 172 valence electrons. The van der Waals surface area contributed by atoms with Gasteiger partial charge in [0.2, 0.25) is 5.91 Å². The third kappa shape index (κ3) is 4.86. The van der Waals surface area contributed by atoms with Crippen molar-refractivity contribution in [1.82, 2.24) is 9.55 Å². The molecule has 0 saturated heterocycles. The van der Waals surface area contributed by atoms with E-state index in [4.69, 9.17) is 21.1 Å². The molecule has 3 aromatic rings. The van der Waals surface area contributed by atoms with Crippen molar-refractivity contribution in [2.24, 2.45) is 7.05 Å². The summed E-state index contributed by atoms with van der Waals surface area (Å²) in [6.07, 6.45) is 0.151. The molecular formula is C24H24ClN3O4S. The lowest BCUT2D eigenvalue weighted by Gasteiger charge is -2.28. The summed E-state index contributed by atoms with van der Waals surface area (Å²) in [4.78, 5) is 30.1. The van der Waals surface area contributed by atoms with Crippen LogP contribution in [-0.2, 0) is 17.6 Å². The fourth-order valence-corrected chi connectivity index (χ4v) is 4.90. The number of fused-ring (bicyclic) bond motifs is 1. The van der Waals surface area contributed by atoms with Crippen LogP contribution in [0, 0.1) is 0 Å². The fourth-order valence-electron chi connectivity index (χ4n) is 3.85. The molecule has 0 bridgehead atoms. The number of hydrogen-bond donors (Lipinski definition) is 1. The van der Waals surface area contributed by atoms with E-state index in [0.717, 1.165) is 11.1 Å². The van der Waals surface area contributed by atoms with Crippen molar-refractivity contribution in [2.45, 2.75) is 30.2 Å². The zero-order valence-electron chi connectivity index (χ0n) is 18.6. The molecule has 7 nitrogen and oxygen atoms in total. The topological polar surface area (TPSA) is 82.5 Å². The van der Waals surface area contributed by atoms with Gasteiger partial charge in [-0.3, -0.25) is 9.59 Å². The number of halogens is 1. The highest BCUT2D eigenvalue weighted by atomic mass is 35.5. The Morgan fingerprint density at radius 2 is 1.94 bits per heavy atom. The number of rotatable bonds is 7. The van der Waals surface area contributed by atoms with Crippen LogP contribution >= 0.6 is 23.4 Å². The molecule has 1 aliphatic rings. The van der Waals surface area contributed by atoms with Crippen molar-refractivity contribution >= 4 is 35.1 Å². The zero-order valence-corrected chi connectivity index (χ0v) is 20.1. The van der Waals surface area contributed by atoms with Gasteiger partial charge in [-0.25, -0.2) is 0 Å². The minimum atomic E-state index is -0.431. The average Bonchev–Trinajstić information content (AvgIpc) is 2.81. The molecule has 1 atom stereocenters. The van der Waals surface area contributed by atoms with Crippen LogP contribution in [0.1, 0.15) is 36.0 Å². The predicted molar refractivity (Wildman–Crippen MR) is 130 cm³/mol. The highest BCUT2D eigenvalue weighted by Crippen LogP contribution is 2.39. The SMILES string of the molecule is CCOc1ccc([C@H]2CC(=O)Nc3c2c(=O)nc(SCc2ccc(Cl)cc2)n3C)cc1OC. The Morgan fingerprint density at radius 3 is 2.64 bits per heavy atom. The lowest BCUT2D eigenvalue weighted by atomic mass is 9.86. The summed E-state index contributed by atoms with van der Waals surface area (Å²) >= 11 is 7.38. The Kier molecular flexibility index (Phi) is 6.95. The van der Waals surface area contributed by atoms with Gasteiger partial charge in [0.25, 0.3) is 5.56 Å². The van der Waals surface area contributed by atoms with Crippen LogP contribution in [0.15, 0.2) is 52.4 Å². The highest BCUT2D eigenvalue weighted by Gasteiger charge is 2.32. The summed E-state index contributed by atoms with van der Waals surface area (Å²) in [5.41, 5.74) is 1.98. The summed E-state index contributed by atoms with van der Waals surface area (Å²) in [6.45, 7) is 2.40. The van der Waals surface area contributed by atoms with Crippen LogP contribution in [0.4, 0.5) is 5.82 Å². The van der Waals surface area contributed by atoms with Crippen LogP contribution in [0.5, 0.6) is 11.5 Å². The van der Waals surface area contributed by atoms with Gasteiger partial charge in [-0.15, -0.1) is 0 Å². The van der Waals surface area contributed by atoms with Gasteiger partial charge in [-0.1, -0.05) is 41.6 Å². The summed E-state index contributed by atoms with van der Waals surface area (Å²) in [5.74, 6) is 1.67. The van der Waals surface area contributed by atoms with Crippen LogP contribution in [0.2, 0.25) is 5.02 Å². The number of benzene rings is 2. The number of nitrogens with zero attached hydrogens (tertiary/aromatic N) is 2. The van der Waals surface area contributed by atoms with E-state index in [-0.39, 0.29) is 17.9 Å². The molecule has 1 amide bonds. The van der Waals surface area contributed by atoms with E-state index in [9.17, 15) is 9.59 Å². The molecule has 0 unspecified atom stereocenters. The van der Waals surface area contributed by atoms with Crippen LogP contribution in [0.3, 0.4) is 0 Å². The van der Waals surface area contributed by atoms with Gasteiger partial charge in [-0.2, -0.15) is 4.98 Å². The van der Waals surface area contributed by atoms with E-state index < -0.39 is 5.92 Å². The number of thioether (sulfide) groups is 1. The van der Waals surface area contributed by atoms with Gasteiger partial charge in [0, 0.05) is 30.2 Å². The summed E-state index contributed by atoms with van der Waals surface area (Å²) in [5, 5.41) is 4.07. The van der Waals surface area contributed by atoms with E-state index in [1.54, 1.807) is 24.8 Å². The second-order valence-electron chi connectivity index (χ2n) is 7.58. The van der Waals surface area contributed by atoms with Crippen molar-refractivity contribution in [1.29, 1.82) is 0 Å². The Hall–Kier alpha value is -2.97. The van der Waals surface area contributed by atoms with Gasteiger partial charge in [0.05, 0.1) is 19.3 Å². The number of aromatic nitrogens is 2. The maximum Gasteiger partial charge on any atom is 0.279 e. The van der Waals surface area contributed by atoms with Crippen LogP contribution in [0.25, 0.3) is 0 Å². The second kappa shape index (κ2) is 9.89. The van der Waals surface area contributed by atoms with Gasteiger partial charge < -0.3 is 19.4 Å². The summed E-state index contributed by atoms with van der Waals surface area (Å²) in [7, 11) is 3.37. The molecule has 33 heavy (non-hydrogen) atoms. The average molecular weight is 486 g/mol. The number of carbonyl (C=O) groups is 1. The Labute approximate surface area is 201 Å². The maximum absolute atomic E-state index is 13.1. The van der Waals surface area contributed by atoms with Crippen LogP contribution < -0.4 is 20.3 Å². The number of hydrogen-bond acceptors (Lipinski definition) is 6. The number of nitrogens with one attached hydrogen (secondary N) is 1. The third-order valence-electron chi connectivity index (χ3n) is 5.47. The number of amides is 1. The number of carbonyl (C=O) groups excluding carboxylic acids is 1. The Balaban J connectivity index is 1.70. The smallest absolute Gasteiger partial charge is 0.279 e. The van der Waals surface area contributed by atoms with E-state index in [2.05, 4.69) is 10.3 Å². The maximum atomic E-state index is 13.1. The molecule has 0 aliphatic carbocycles. The third-order valence-corrected chi connectivity index (χ3v) is 6.82. The Bertz CT molecular complexity index is 1240. The van der Waals surface area contributed by atoms with E-state index in [1.807, 2.05) is 43.3 Å². The minimum Gasteiger partial charge on any atom is -0.493 e. The van der Waals surface area contributed by atoms with E-state index in [1.165, 1.54) is 11.8 Å². The summed E-state index contributed by atoms with van der Waals surface area (Å²) < 4.78 is 12.8. The lowest BCUT2D eigenvalue weighted by Crippen LogP contribution is -2.33. The molecular weight excluding hydrogens is 462 g/mol. The molecule has 1 aromatic heterocycles. The first-order valence-corrected chi connectivity index (χ1v) is 11.9. The van der Waals surface area contributed by atoms with Crippen LogP contribution in [-0.4, -0.2) is 29.2 Å². The molecule has 2 aromatic carbocycles. The number of methoxy groups -OCH3 is 1. The van der Waals surface area contributed by atoms with Crippen molar-refractivity contribution in [3.63, 3.8) is 0 Å². The van der Waals surface area contributed by atoms with Gasteiger partial charge in [0.1, 0.15) is 5.82 Å². The van der Waals surface area contributed by atoms with Crippen molar-refractivity contribution < 1.29 is 14.3 Å². The molecule has 1 aliphatic heterocycles. The van der Waals surface area contributed by atoms with Gasteiger partial charge in [-0.05, 0) is 42.3 Å². The second-order valence-corrected chi connectivity index (χ2v) is 8.96. The first-order valence-electron chi connectivity index (χ1n) is 10.5. The molecule has 9 heteroatoms. The van der Waals surface area contributed by atoms with E-state index >= 15 is 0 Å². The number of ether oxygens (including phenoxy) is 2. The van der Waals surface area contributed by atoms with Gasteiger partial charge >= 0.3 is 0 Å². The zero-order chi connectivity index (χ0) is 23.5.